The van der Waals surface area contributed by atoms with Crippen LogP contribution in [0.25, 0.3) is 0 Å². The first-order valence-electron chi connectivity index (χ1n) is 7.10. The lowest BCUT2D eigenvalue weighted by Gasteiger charge is -2.13. The number of amides is 1. The molecule has 0 saturated carbocycles. The number of nitrogens with zero attached hydrogens (tertiary/aromatic N) is 1. The van der Waals surface area contributed by atoms with Crippen molar-refractivity contribution in [2.75, 3.05) is 13.7 Å². The van der Waals surface area contributed by atoms with Crippen molar-refractivity contribution in [1.82, 2.24) is 10.3 Å². The second-order valence-corrected chi connectivity index (χ2v) is 5.91. The molecule has 122 valence electrons. The molecule has 7 heteroatoms. The molecule has 1 aromatic heterocycles. The minimum Gasteiger partial charge on any atom is -0.497 e. The molecule has 1 aromatic carbocycles. The summed E-state index contributed by atoms with van der Waals surface area (Å²) in [5.41, 5.74) is 0.922. The number of carboxylic acid groups (broad SMARTS) is 1. The number of methoxy groups -OCH3 is 1. The molecule has 2 rings (SSSR count). The Hall–Kier alpha value is -2.41. The maximum absolute atomic E-state index is 12.2. The summed E-state index contributed by atoms with van der Waals surface area (Å²) in [5.74, 6) is -0.710. The summed E-state index contributed by atoms with van der Waals surface area (Å²) in [6.45, 7) is 2.25. The van der Waals surface area contributed by atoms with E-state index in [1.54, 1.807) is 7.11 Å². The molecule has 23 heavy (non-hydrogen) atoms. The Bertz CT molecular complexity index is 699. The summed E-state index contributed by atoms with van der Waals surface area (Å²) in [4.78, 5) is 26.9. The normalized spacial score (nSPS) is 11.7. The monoisotopic (exact) mass is 334 g/mol. The molecule has 0 bridgehead atoms. The van der Waals surface area contributed by atoms with Crippen molar-refractivity contribution in [2.24, 2.45) is 0 Å². The molecule has 0 saturated heterocycles. The Morgan fingerprint density at radius 3 is 2.87 bits per heavy atom. The first-order chi connectivity index (χ1) is 11.0. The maximum atomic E-state index is 12.2. The SMILES string of the molecule is COc1cccc(C(C)C(=O)NCCc2nc(C(=O)O)cs2)c1. The van der Waals surface area contributed by atoms with Gasteiger partial charge in [0.1, 0.15) is 5.75 Å². The fourth-order valence-electron chi connectivity index (χ4n) is 2.03. The van der Waals surface area contributed by atoms with E-state index in [1.807, 2.05) is 31.2 Å². The minimum atomic E-state index is -1.04. The summed E-state index contributed by atoms with van der Waals surface area (Å²) < 4.78 is 5.16. The van der Waals surface area contributed by atoms with Crippen molar-refractivity contribution in [3.05, 3.63) is 45.9 Å². The second-order valence-electron chi connectivity index (χ2n) is 4.97. The van der Waals surface area contributed by atoms with Crippen molar-refractivity contribution in [2.45, 2.75) is 19.3 Å². The Balaban J connectivity index is 1.87. The van der Waals surface area contributed by atoms with Gasteiger partial charge in [0.25, 0.3) is 0 Å². The molecular formula is C16H18N2O4S. The molecule has 0 fully saturated rings. The van der Waals surface area contributed by atoms with E-state index < -0.39 is 5.97 Å². The van der Waals surface area contributed by atoms with Crippen LogP contribution < -0.4 is 10.1 Å². The molecule has 0 radical (unpaired) electrons. The second kappa shape index (κ2) is 7.73. The molecule has 2 N–H and O–H groups in total. The van der Waals surface area contributed by atoms with E-state index in [9.17, 15) is 9.59 Å². The van der Waals surface area contributed by atoms with Crippen molar-refractivity contribution in [1.29, 1.82) is 0 Å². The van der Waals surface area contributed by atoms with Crippen LogP contribution in [0.1, 0.15) is 33.9 Å². The molecule has 1 unspecified atom stereocenters. The quantitative estimate of drug-likeness (QED) is 0.811. The van der Waals surface area contributed by atoms with Crippen LogP contribution in [0, 0.1) is 0 Å². The highest BCUT2D eigenvalue weighted by atomic mass is 32.1. The number of nitrogens with one attached hydrogen (secondary N) is 1. The summed E-state index contributed by atoms with van der Waals surface area (Å²) >= 11 is 1.28. The molecule has 1 atom stereocenters. The number of carboxylic acids is 1. The fraction of sp³-hybridized carbons (Fsp3) is 0.312. The Kier molecular flexibility index (Phi) is 5.70. The van der Waals surface area contributed by atoms with Crippen LogP contribution >= 0.6 is 11.3 Å². The van der Waals surface area contributed by atoms with E-state index in [1.165, 1.54) is 16.7 Å². The van der Waals surface area contributed by atoms with Gasteiger partial charge >= 0.3 is 5.97 Å². The fourth-order valence-corrected chi connectivity index (χ4v) is 2.80. The third kappa shape index (κ3) is 4.53. The van der Waals surface area contributed by atoms with E-state index in [0.717, 1.165) is 5.56 Å². The van der Waals surface area contributed by atoms with Crippen LogP contribution in [-0.2, 0) is 11.2 Å². The molecule has 2 aromatic rings. The van der Waals surface area contributed by atoms with Gasteiger partial charge in [0, 0.05) is 18.3 Å². The molecule has 0 aliphatic heterocycles. The van der Waals surface area contributed by atoms with E-state index >= 15 is 0 Å². The van der Waals surface area contributed by atoms with Crippen molar-refractivity contribution in [3.8, 4) is 5.75 Å². The van der Waals surface area contributed by atoms with Crippen LogP contribution in [0.3, 0.4) is 0 Å². The molecule has 0 aliphatic rings. The number of hydrogen-bond donors (Lipinski definition) is 2. The number of hydrogen-bond acceptors (Lipinski definition) is 5. The minimum absolute atomic E-state index is 0.0427. The smallest absolute Gasteiger partial charge is 0.355 e. The third-order valence-electron chi connectivity index (χ3n) is 3.40. The summed E-state index contributed by atoms with van der Waals surface area (Å²) in [7, 11) is 1.59. The number of aromatic carboxylic acids is 1. The lowest BCUT2D eigenvalue weighted by atomic mass is 10.00. The van der Waals surface area contributed by atoms with E-state index in [2.05, 4.69) is 10.3 Å². The number of thiazole rings is 1. The van der Waals surface area contributed by atoms with Gasteiger partial charge in [-0.2, -0.15) is 0 Å². The maximum Gasteiger partial charge on any atom is 0.355 e. The summed E-state index contributed by atoms with van der Waals surface area (Å²) in [5, 5.41) is 13.9. The number of rotatable bonds is 7. The van der Waals surface area contributed by atoms with Crippen LogP contribution in [0.5, 0.6) is 5.75 Å². The topological polar surface area (TPSA) is 88.5 Å². The Morgan fingerprint density at radius 1 is 1.43 bits per heavy atom. The number of benzene rings is 1. The number of ether oxygens (including phenoxy) is 1. The van der Waals surface area contributed by atoms with Gasteiger partial charge in [-0.05, 0) is 24.6 Å². The van der Waals surface area contributed by atoms with Gasteiger partial charge < -0.3 is 15.2 Å². The lowest BCUT2D eigenvalue weighted by molar-refractivity contribution is -0.122. The highest BCUT2D eigenvalue weighted by Gasteiger charge is 2.15. The molecule has 6 nitrogen and oxygen atoms in total. The highest BCUT2D eigenvalue weighted by Crippen LogP contribution is 2.20. The van der Waals surface area contributed by atoms with Gasteiger partial charge in [0.2, 0.25) is 5.91 Å². The lowest BCUT2D eigenvalue weighted by Crippen LogP contribution is -2.29. The predicted molar refractivity (Wildman–Crippen MR) is 87.2 cm³/mol. The number of carbonyl (C=O) groups is 2. The molecule has 0 aliphatic carbocycles. The van der Waals surface area contributed by atoms with Gasteiger partial charge in [0.15, 0.2) is 5.69 Å². The predicted octanol–water partition coefficient (Wildman–Crippen LogP) is 2.31. The summed E-state index contributed by atoms with van der Waals surface area (Å²) in [6, 6.07) is 7.40. The number of aromatic nitrogens is 1. The van der Waals surface area contributed by atoms with E-state index in [4.69, 9.17) is 9.84 Å². The molecular weight excluding hydrogens is 316 g/mol. The van der Waals surface area contributed by atoms with Crippen LogP contribution in [0.15, 0.2) is 29.6 Å². The largest absolute Gasteiger partial charge is 0.497 e. The van der Waals surface area contributed by atoms with Gasteiger partial charge in [-0.1, -0.05) is 12.1 Å². The van der Waals surface area contributed by atoms with Gasteiger partial charge in [0.05, 0.1) is 18.0 Å². The van der Waals surface area contributed by atoms with Crippen LogP contribution in [-0.4, -0.2) is 35.6 Å². The summed E-state index contributed by atoms with van der Waals surface area (Å²) in [6.07, 6.45) is 0.508. The molecule has 0 spiro atoms. The zero-order valence-electron chi connectivity index (χ0n) is 12.9. The third-order valence-corrected chi connectivity index (χ3v) is 4.30. The Labute approximate surface area is 138 Å². The molecule has 1 heterocycles. The van der Waals surface area contributed by atoms with E-state index in [0.29, 0.717) is 23.7 Å². The highest BCUT2D eigenvalue weighted by molar-refractivity contribution is 7.09. The van der Waals surface area contributed by atoms with Crippen LogP contribution in [0.4, 0.5) is 0 Å². The van der Waals surface area contributed by atoms with Crippen LogP contribution in [0.2, 0.25) is 0 Å². The zero-order chi connectivity index (χ0) is 16.8. The first kappa shape index (κ1) is 17.0. The van der Waals surface area contributed by atoms with Gasteiger partial charge in [-0.3, -0.25) is 4.79 Å². The average Bonchev–Trinajstić information content (AvgIpc) is 3.03. The average molecular weight is 334 g/mol. The van der Waals surface area contributed by atoms with Gasteiger partial charge in [-0.15, -0.1) is 11.3 Å². The first-order valence-corrected chi connectivity index (χ1v) is 7.98. The van der Waals surface area contributed by atoms with E-state index in [-0.39, 0.29) is 17.5 Å². The van der Waals surface area contributed by atoms with Crippen molar-refractivity contribution < 1.29 is 19.4 Å². The standard InChI is InChI=1S/C16H18N2O4S/c1-10(11-4-3-5-12(8-11)22-2)15(19)17-7-6-14-18-13(9-23-14)16(20)21/h3-5,8-10H,6-7H2,1-2H3,(H,17,19)(H,20,21). The van der Waals surface area contributed by atoms with Crippen molar-refractivity contribution >= 4 is 23.2 Å². The Morgan fingerprint density at radius 2 is 2.22 bits per heavy atom. The van der Waals surface area contributed by atoms with Crippen molar-refractivity contribution in [3.63, 3.8) is 0 Å². The molecule has 1 amide bonds. The number of carbonyl (C=O) groups excluding carboxylic acids is 1. The van der Waals surface area contributed by atoms with Gasteiger partial charge in [-0.25, -0.2) is 9.78 Å². The zero-order valence-corrected chi connectivity index (χ0v) is 13.7.